The van der Waals surface area contributed by atoms with Crippen LogP contribution < -0.4 is 71.2 Å². The lowest BCUT2D eigenvalue weighted by atomic mass is 10.0. The first-order valence-corrected chi connectivity index (χ1v) is 22.2. The number of aromatic hydroxyl groups is 1. The highest BCUT2D eigenvalue weighted by Crippen LogP contribution is 2.13. The average Bonchev–Trinajstić information content (AvgIpc) is 3.26. The number of aliphatic imine (C=N–C) groups is 2. The van der Waals surface area contributed by atoms with E-state index < -0.39 is 109 Å². The lowest BCUT2D eigenvalue weighted by molar-refractivity contribution is -0.138. The molecule has 0 aliphatic heterocycles. The molecule has 0 aliphatic rings. The molecule has 28 heteroatoms. The molecule has 8 amide bonds. The van der Waals surface area contributed by atoms with Crippen molar-refractivity contribution in [3.8, 4) is 5.75 Å². The maximum absolute atomic E-state index is 13.9. The lowest BCUT2D eigenvalue weighted by Crippen LogP contribution is -2.60. The van der Waals surface area contributed by atoms with E-state index in [2.05, 4.69) is 77.8 Å². The smallest absolute Gasteiger partial charge is 0.322 e. The molecule has 0 spiro atoms. The Kier molecular flexibility index (Phi) is 27.4. The SMILES string of the molecule is CC(C)C[C@H](NC(=O)CNC(=O)CNC(=O)[C@@H](N)CCCN=C(N)N)C(=O)N[C@@H](CS)C(=O)N[C@@H](Cc1ccc(O)cc1)C(=O)N[C@@H](CS)C(=O)N[C@@H](CCCN=C(N)N)C(=O)NCC(=O)O. The van der Waals surface area contributed by atoms with Crippen LogP contribution in [0.2, 0.25) is 0 Å². The minimum atomic E-state index is -1.42. The molecule has 0 aliphatic carbocycles. The van der Waals surface area contributed by atoms with Crippen molar-refractivity contribution in [2.45, 2.75) is 88.6 Å². The molecule has 374 valence electrons. The minimum absolute atomic E-state index is 0.0294. The van der Waals surface area contributed by atoms with E-state index in [1.165, 1.54) is 24.3 Å². The van der Waals surface area contributed by atoms with Crippen LogP contribution in [0.5, 0.6) is 5.75 Å². The Morgan fingerprint density at radius 3 is 1.55 bits per heavy atom. The standard InChI is InChI=1S/C39H65N15O11S2/c1-20(2)13-25(50-30(57)16-47-29(56)15-48-32(60)23(40)5-3-11-45-38(41)42)34(62)53-28(19-67)37(65)52-26(14-21-7-9-22(55)10-8-21)35(63)54-27(18-66)36(64)51-24(6-4-12-46-39(43)44)33(61)49-17-31(58)59/h7-10,20,23-28,55,66-67H,3-6,11-19,40H2,1-2H3,(H,47,56)(H,48,60)(H,49,61)(H,50,57)(H,51,64)(H,52,65)(H,53,62)(H,54,63)(H,58,59)(H4,41,42,45)(H4,43,44,46)/t23-,24-,25-,26-,27-,28-/m0/s1. The van der Waals surface area contributed by atoms with Crippen LogP contribution in [0, 0.1) is 5.92 Å². The summed E-state index contributed by atoms with van der Waals surface area (Å²) in [5, 5.41) is 38.3. The minimum Gasteiger partial charge on any atom is -0.508 e. The van der Waals surface area contributed by atoms with Gasteiger partial charge in [-0.25, -0.2) is 0 Å². The van der Waals surface area contributed by atoms with Gasteiger partial charge in [-0.1, -0.05) is 26.0 Å². The second kappa shape index (κ2) is 31.4. The lowest BCUT2D eigenvalue weighted by Gasteiger charge is -2.27. The number of guanidine groups is 2. The Hall–Kier alpha value is -6.55. The number of phenolic OH excluding ortho intramolecular Hbond substituents is 1. The molecule has 20 N–H and O–H groups in total. The maximum atomic E-state index is 13.9. The zero-order chi connectivity index (χ0) is 50.6. The first-order valence-electron chi connectivity index (χ1n) is 21.0. The van der Waals surface area contributed by atoms with Crippen LogP contribution in [-0.4, -0.2) is 156 Å². The zero-order valence-corrected chi connectivity index (χ0v) is 39.1. The number of carbonyl (C=O) groups is 9. The van der Waals surface area contributed by atoms with Gasteiger partial charge in [0, 0.05) is 31.0 Å². The number of benzene rings is 1. The highest BCUT2D eigenvalue weighted by Gasteiger charge is 2.32. The van der Waals surface area contributed by atoms with E-state index in [-0.39, 0.29) is 80.3 Å². The fraction of sp³-hybridized carbons (Fsp3) is 0.564. The van der Waals surface area contributed by atoms with Crippen LogP contribution >= 0.6 is 25.3 Å². The predicted octanol–water partition coefficient (Wildman–Crippen LogP) is -5.87. The molecule has 0 fully saturated rings. The van der Waals surface area contributed by atoms with Gasteiger partial charge in [0.05, 0.1) is 19.1 Å². The zero-order valence-electron chi connectivity index (χ0n) is 37.3. The van der Waals surface area contributed by atoms with E-state index in [9.17, 15) is 48.3 Å². The molecular weight excluding hydrogens is 919 g/mol. The topological polar surface area (TPSA) is 445 Å². The van der Waals surface area contributed by atoms with Crippen molar-refractivity contribution < 1.29 is 53.4 Å². The van der Waals surface area contributed by atoms with Crippen molar-refractivity contribution in [1.82, 2.24) is 42.5 Å². The van der Waals surface area contributed by atoms with E-state index in [1.54, 1.807) is 13.8 Å². The van der Waals surface area contributed by atoms with Gasteiger partial charge >= 0.3 is 5.97 Å². The van der Waals surface area contributed by atoms with Gasteiger partial charge in [0.15, 0.2) is 11.9 Å². The number of nitrogens with zero attached hydrogens (tertiary/aromatic N) is 2. The largest absolute Gasteiger partial charge is 0.508 e. The number of hydrogen-bond acceptors (Lipinski definition) is 15. The van der Waals surface area contributed by atoms with Gasteiger partial charge in [0.25, 0.3) is 0 Å². The van der Waals surface area contributed by atoms with Crippen LogP contribution in [0.3, 0.4) is 0 Å². The number of amides is 8. The van der Waals surface area contributed by atoms with Gasteiger partial charge < -0.3 is 81.4 Å². The summed E-state index contributed by atoms with van der Waals surface area (Å²) >= 11 is 8.42. The summed E-state index contributed by atoms with van der Waals surface area (Å²) in [5.41, 5.74) is 27.5. The van der Waals surface area contributed by atoms with Gasteiger partial charge in [-0.05, 0) is 55.7 Å². The van der Waals surface area contributed by atoms with E-state index in [0.717, 1.165) is 0 Å². The quantitative estimate of drug-likeness (QED) is 0.0143. The molecule has 6 atom stereocenters. The van der Waals surface area contributed by atoms with Crippen molar-refractivity contribution in [1.29, 1.82) is 0 Å². The summed E-state index contributed by atoms with van der Waals surface area (Å²) in [4.78, 5) is 124. The third-order valence-electron chi connectivity index (χ3n) is 9.16. The summed E-state index contributed by atoms with van der Waals surface area (Å²) in [7, 11) is 0. The number of aliphatic carboxylic acids is 1. The van der Waals surface area contributed by atoms with Crippen LogP contribution in [0.1, 0.15) is 51.5 Å². The summed E-state index contributed by atoms with van der Waals surface area (Å²) in [6, 6.07) is -1.96. The molecule has 26 nitrogen and oxygen atoms in total. The Morgan fingerprint density at radius 2 is 1.04 bits per heavy atom. The van der Waals surface area contributed by atoms with Crippen LogP contribution in [0.4, 0.5) is 0 Å². The fourth-order valence-corrected chi connectivity index (χ4v) is 6.27. The molecule has 1 rings (SSSR count). The number of phenols is 1. The van der Waals surface area contributed by atoms with E-state index in [4.69, 9.17) is 33.8 Å². The number of rotatable bonds is 31. The molecule has 0 saturated heterocycles. The molecule has 67 heavy (non-hydrogen) atoms. The Morgan fingerprint density at radius 1 is 0.582 bits per heavy atom. The molecule has 0 aromatic heterocycles. The van der Waals surface area contributed by atoms with Crippen molar-refractivity contribution >= 4 is 90.4 Å². The van der Waals surface area contributed by atoms with Crippen LogP contribution in [-0.2, 0) is 49.6 Å². The Balaban J connectivity index is 3.10. The third kappa shape index (κ3) is 25.1. The molecule has 0 bridgehead atoms. The predicted molar refractivity (Wildman–Crippen MR) is 253 cm³/mol. The average molecular weight is 984 g/mol. The number of thiol groups is 2. The summed E-state index contributed by atoms with van der Waals surface area (Å²) in [5.74, 6) is -8.85. The molecule has 1 aromatic carbocycles. The number of nitrogens with two attached hydrogens (primary N) is 5. The summed E-state index contributed by atoms with van der Waals surface area (Å²) in [6.45, 7) is 2.09. The van der Waals surface area contributed by atoms with Crippen molar-refractivity contribution in [2.75, 3.05) is 44.2 Å². The van der Waals surface area contributed by atoms with Crippen LogP contribution in [0.25, 0.3) is 0 Å². The van der Waals surface area contributed by atoms with E-state index in [1.807, 2.05) is 0 Å². The van der Waals surface area contributed by atoms with E-state index in [0.29, 0.717) is 12.0 Å². The highest BCUT2D eigenvalue weighted by atomic mass is 32.1. The Bertz CT molecular complexity index is 1900. The number of nitrogens with one attached hydrogen (secondary N) is 8. The van der Waals surface area contributed by atoms with Crippen molar-refractivity contribution in [3.05, 3.63) is 29.8 Å². The molecular formula is C39H65N15O11S2. The first-order chi connectivity index (χ1) is 31.6. The normalized spacial score (nSPS) is 13.4. The van der Waals surface area contributed by atoms with Crippen molar-refractivity contribution in [2.24, 2.45) is 44.6 Å². The molecule has 0 saturated carbocycles. The monoisotopic (exact) mass is 983 g/mol. The third-order valence-corrected chi connectivity index (χ3v) is 9.90. The molecule has 0 unspecified atom stereocenters. The summed E-state index contributed by atoms with van der Waals surface area (Å²) < 4.78 is 0. The van der Waals surface area contributed by atoms with Crippen molar-refractivity contribution in [3.63, 3.8) is 0 Å². The van der Waals surface area contributed by atoms with Gasteiger partial charge in [-0.2, -0.15) is 25.3 Å². The Labute approximate surface area is 398 Å². The first kappa shape index (κ1) is 58.5. The maximum Gasteiger partial charge on any atom is 0.322 e. The molecule has 0 heterocycles. The van der Waals surface area contributed by atoms with E-state index >= 15 is 0 Å². The van der Waals surface area contributed by atoms with Crippen LogP contribution in [0.15, 0.2) is 34.3 Å². The van der Waals surface area contributed by atoms with Gasteiger partial charge in [-0.3, -0.25) is 53.1 Å². The second-order valence-corrected chi connectivity index (χ2v) is 16.1. The van der Waals surface area contributed by atoms with Gasteiger partial charge in [0.1, 0.15) is 42.5 Å². The number of carboxylic acids is 1. The second-order valence-electron chi connectivity index (χ2n) is 15.3. The molecule has 0 radical (unpaired) electrons. The number of carboxylic acid groups (broad SMARTS) is 1. The highest BCUT2D eigenvalue weighted by molar-refractivity contribution is 7.80. The molecule has 1 aromatic rings. The number of carbonyl (C=O) groups excluding carboxylic acids is 8. The summed E-state index contributed by atoms with van der Waals surface area (Å²) in [6.07, 6.45) is 0.729. The van der Waals surface area contributed by atoms with Gasteiger partial charge in [-0.15, -0.1) is 0 Å². The van der Waals surface area contributed by atoms with Gasteiger partial charge in [0.2, 0.25) is 47.3 Å². The fourth-order valence-electron chi connectivity index (χ4n) is 5.75. The number of hydrogen-bond donors (Lipinski definition) is 17.